The van der Waals surface area contributed by atoms with Crippen LogP contribution in [0.1, 0.15) is 74.6 Å². The van der Waals surface area contributed by atoms with Crippen molar-refractivity contribution in [2.75, 3.05) is 18.0 Å². The molecule has 0 aliphatic carbocycles. The minimum atomic E-state index is -0.622. The first-order valence-electron chi connectivity index (χ1n) is 10.7. The second-order valence-electron chi connectivity index (χ2n) is 9.46. The minimum Gasteiger partial charge on any atom is -0.487 e. The van der Waals surface area contributed by atoms with Gasteiger partial charge in [-0.2, -0.15) is 0 Å². The number of rotatable bonds is 3. The highest BCUT2D eigenvalue weighted by molar-refractivity contribution is 5.73. The van der Waals surface area contributed by atoms with Crippen LogP contribution in [0.5, 0.6) is 5.75 Å². The van der Waals surface area contributed by atoms with Crippen LogP contribution in [0.4, 0.5) is 5.69 Å². The molecule has 0 saturated carbocycles. The van der Waals surface area contributed by atoms with Gasteiger partial charge in [-0.3, -0.25) is 4.79 Å². The molecule has 1 aromatic rings. The Kier molecular flexibility index (Phi) is 4.85. The summed E-state index contributed by atoms with van der Waals surface area (Å²) in [5.41, 5.74) is 6.11. The molecule has 2 saturated heterocycles. The molecule has 5 heteroatoms. The van der Waals surface area contributed by atoms with Crippen molar-refractivity contribution < 1.29 is 19.4 Å². The van der Waals surface area contributed by atoms with Crippen LogP contribution >= 0.6 is 0 Å². The zero-order chi connectivity index (χ0) is 20.2. The van der Waals surface area contributed by atoms with Crippen molar-refractivity contribution in [3.8, 4) is 5.75 Å². The zero-order valence-corrected chi connectivity index (χ0v) is 17.8. The number of ether oxygens (including phenoxy) is 2. The summed E-state index contributed by atoms with van der Waals surface area (Å²) in [7, 11) is 0. The Hall–Kier alpha value is -1.75. The fraction of sp³-hybridized carbons (Fsp3) is 0.696. The highest BCUT2D eigenvalue weighted by Crippen LogP contribution is 2.50. The first kappa shape index (κ1) is 19.6. The highest BCUT2D eigenvalue weighted by atomic mass is 16.5. The molecule has 5 nitrogen and oxygen atoms in total. The molecule has 0 spiro atoms. The Bertz CT molecular complexity index is 795. The smallest absolute Gasteiger partial charge is 0.308 e. The van der Waals surface area contributed by atoms with E-state index in [-0.39, 0.29) is 30.0 Å². The summed E-state index contributed by atoms with van der Waals surface area (Å²) < 4.78 is 12.1. The van der Waals surface area contributed by atoms with Crippen LogP contribution in [0.25, 0.3) is 0 Å². The molecule has 3 aliphatic rings. The van der Waals surface area contributed by atoms with E-state index in [1.165, 1.54) is 35.2 Å². The van der Waals surface area contributed by atoms with Gasteiger partial charge in [0, 0.05) is 48.7 Å². The van der Waals surface area contributed by atoms with Crippen molar-refractivity contribution in [1.29, 1.82) is 0 Å². The molecule has 0 aromatic heterocycles. The molecule has 2 fully saturated rings. The van der Waals surface area contributed by atoms with Crippen LogP contribution < -0.4 is 9.64 Å². The lowest BCUT2D eigenvalue weighted by Gasteiger charge is -2.34. The summed E-state index contributed by atoms with van der Waals surface area (Å²) in [5, 5.41) is 10.1. The number of aliphatic hydroxyl groups excluding tert-OH is 1. The van der Waals surface area contributed by atoms with E-state index in [0.717, 1.165) is 30.8 Å². The SMILES string of the molecule is Cc1c2c(c(C(C)[C@@H]3C[C@@H](O)CC(=O)O3)c(C)c1N1CCCC1)OC(C)(C)C2. The standard InChI is InChI=1S/C23H33NO4/c1-13-17-12-23(4,5)28-22(17)20(15(3)21(13)24-8-6-7-9-24)14(2)18-10-16(25)11-19(26)27-18/h14,16,18,25H,6-12H2,1-5H3/t14?,16-,18+/m1/s1. The molecule has 0 bridgehead atoms. The van der Waals surface area contributed by atoms with E-state index in [2.05, 4.69) is 39.5 Å². The molecular weight excluding hydrogens is 354 g/mol. The van der Waals surface area contributed by atoms with E-state index in [1.807, 2.05) is 0 Å². The van der Waals surface area contributed by atoms with Gasteiger partial charge in [0.15, 0.2) is 0 Å². The number of cyclic esters (lactones) is 1. The van der Waals surface area contributed by atoms with E-state index in [0.29, 0.717) is 6.42 Å². The number of esters is 1. The van der Waals surface area contributed by atoms with Gasteiger partial charge in [0.25, 0.3) is 0 Å². The van der Waals surface area contributed by atoms with E-state index in [1.54, 1.807) is 0 Å². The third-order valence-electron chi connectivity index (χ3n) is 6.69. The first-order valence-corrected chi connectivity index (χ1v) is 10.7. The van der Waals surface area contributed by atoms with Gasteiger partial charge in [0.1, 0.15) is 17.5 Å². The second kappa shape index (κ2) is 6.94. The molecule has 1 unspecified atom stereocenters. The third kappa shape index (κ3) is 3.28. The molecule has 3 heterocycles. The average Bonchev–Trinajstić information content (AvgIpc) is 3.21. The zero-order valence-electron chi connectivity index (χ0n) is 17.8. The van der Waals surface area contributed by atoms with E-state index >= 15 is 0 Å². The second-order valence-corrected chi connectivity index (χ2v) is 9.46. The minimum absolute atomic E-state index is 0.0245. The molecule has 3 aliphatic heterocycles. The fourth-order valence-electron chi connectivity index (χ4n) is 5.39. The van der Waals surface area contributed by atoms with Crippen molar-refractivity contribution in [2.24, 2.45) is 0 Å². The third-order valence-corrected chi connectivity index (χ3v) is 6.69. The predicted octanol–water partition coefficient (Wildman–Crippen LogP) is 3.79. The fourth-order valence-corrected chi connectivity index (χ4v) is 5.39. The van der Waals surface area contributed by atoms with Gasteiger partial charge in [0.2, 0.25) is 0 Å². The lowest BCUT2D eigenvalue weighted by atomic mass is 9.82. The summed E-state index contributed by atoms with van der Waals surface area (Å²) in [4.78, 5) is 14.5. The predicted molar refractivity (Wildman–Crippen MR) is 109 cm³/mol. The van der Waals surface area contributed by atoms with Gasteiger partial charge in [-0.1, -0.05) is 6.92 Å². The van der Waals surface area contributed by atoms with E-state index < -0.39 is 6.10 Å². The molecular formula is C23H33NO4. The van der Waals surface area contributed by atoms with Crippen LogP contribution in [0.15, 0.2) is 0 Å². The number of anilines is 1. The number of fused-ring (bicyclic) bond motifs is 1. The monoisotopic (exact) mass is 387 g/mol. The van der Waals surface area contributed by atoms with Crippen LogP contribution in [-0.4, -0.2) is 42.0 Å². The number of carbonyl (C=O) groups is 1. The van der Waals surface area contributed by atoms with Crippen LogP contribution in [0.3, 0.4) is 0 Å². The maximum Gasteiger partial charge on any atom is 0.308 e. The van der Waals surface area contributed by atoms with Crippen molar-refractivity contribution in [3.63, 3.8) is 0 Å². The van der Waals surface area contributed by atoms with Crippen molar-refractivity contribution >= 4 is 11.7 Å². The number of aliphatic hydroxyl groups is 1. The van der Waals surface area contributed by atoms with Gasteiger partial charge >= 0.3 is 5.97 Å². The van der Waals surface area contributed by atoms with Crippen LogP contribution in [-0.2, 0) is 16.0 Å². The first-order chi connectivity index (χ1) is 13.2. The lowest BCUT2D eigenvalue weighted by Crippen LogP contribution is -2.36. The lowest BCUT2D eigenvalue weighted by molar-refractivity contribution is -0.161. The molecule has 1 aromatic carbocycles. The number of benzene rings is 1. The number of hydrogen-bond donors (Lipinski definition) is 1. The Balaban J connectivity index is 1.83. The van der Waals surface area contributed by atoms with E-state index in [4.69, 9.17) is 9.47 Å². The summed E-state index contributed by atoms with van der Waals surface area (Å²) >= 11 is 0. The van der Waals surface area contributed by atoms with Gasteiger partial charge in [-0.15, -0.1) is 0 Å². The molecule has 1 N–H and O–H groups in total. The molecule has 28 heavy (non-hydrogen) atoms. The average molecular weight is 388 g/mol. The summed E-state index contributed by atoms with van der Waals surface area (Å²) in [6.45, 7) is 13.0. The Morgan fingerprint density at radius 2 is 1.86 bits per heavy atom. The maximum atomic E-state index is 11.9. The number of nitrogens with zero attached hydrogens (tertiary/aromatic N) is 1. The topological polar surface area (TPSA) is 59.0 Å². The van der Waals surface area contributed by atoms with Crippen molar-refractivity contribution in [3.05, 3.63) is 22.3 Å². The van der Waals surface area contributed by atoms with Gasteiger partial charge < -0.3 is 19.5 Å². The number of hydrogen-bond acceptors (Lipinski definition) is 5. The quantitative estimate of drug-likeness (QED) is 0.800. The van der Waals surface area contributed by atoms with Gasteiger partial charge in [0.05, 0.1) is 12.5 Å². The van der Waals surface area contributed by atoms with Crippen molar-refractivity contribution in [1.82, 2.24) is 0 Å². The van der Waals surface area contributed by atoms with Gasteiger partial charge in [-0.05, 0) is 51.7 Å². The molecule has 0 radical (unpaired) electrons. The van der Waals surface area contributed by atoms with E-state index in [9.17, 15) is 9.90 Å². The largest absolute Gasteiger partial charge is 0.487 e. The molecule has 154 valence electrons. The highest BCUT2D eigenvalue weighted by Gasteiger charge is 2.40. The Morgan fingerprint density at radius 1 is 1.18 bits per heavy atom. The van der Waals surface area contributed by atoms with Crippen LogP contribution in [0.2, 0.25) is 0 Å². The Labute approximate surface area is 168 Å². The summed E-state index contributed by atoms with van der Waals surface area (Å²) in [5.74, 6) is 0.646. The molecule has 4 rings (SSSR count). The summed E-state index contributed by atoms with van der Waals surface area (Å²) in [6.07, 6.45) is 2.99. The van der Waals surface area contributed by atoms with Gasteiger partial charge in [-0.25, -0.2) is 0 Å². The number of carbonyl (C=O) groups excluding carboxylic acids is 1. The summed E-state index contributed by atoms with van der Waals surface area (Å²) in [6, 6.07) is 0. The molecule has 0 amide bonds. The molecule has 3 atom stereocenters. The van der Waals surface area contributed by atoms with Crippen molar-refractivity contribution in [2.45, 2.75) is 90.4 Å². The normalized spacial score (nSPS) is 27.4. The van der Waals surface area contributed by atoms with Crippen LogP contribution in [0, 0.1) is 13.8 Å². The maximum absolute atomic E-state index is 11.9. The Morgan fingerprint density at radius 3 is 2.50 bits per heavy atom.